The van der Waals surface area contributed by atoms with E-state index in [9.17, 15) is 18.5 Å². The number of benzene rings is 2. The molecule has 2 heterocycles. The van der Waals surface area contributed by atoms with E-state index >= 15 is 0 Å². The van der Waals surface area contributed by atoms with Gasteiger partial charge >= 0.3 is 0 Å². The highest BCUT2D eigenvalue weighted by atomic mass is 32.2. The first kappa shape index (κ1) is 19.3. The lowest BCUT2D eigenvalue weighted by molar-refractivity contribution is -0.387. The normalized spacial score (nSPS) is 15.7. The van der Waals surface area contributed by atoms with Gasteiger partial charge in [0.2, 0.25) is 10.0 Å². The Balaban J connectivity index is 1.37. The number of aromatic nitrogens is 1. The lowest BCUT2D eigenvalue weighted by atomic mass is 9.97. The number of nitro groups is 1. The van der Waals surface area contributed by atoms with Crippen LogP contribution in [0.2, 0.25) is 0 Å². The molecule has 0 unspecified atom stereocenters. The van der Waals surface area contributed by atoms with Gasteiger partial charge in [0.15, 0.2) is 10.5 Å². The van der Waals surface area contributed by atoms with Crippen LogP contribution in [-0.4, -0.2) is 38.0 Å². The Morgan fingerprint density at radius 3 is 2.55 bits per heavy atom. The Morgan fingerprint density at radius 1 is 1.14 bits per heavy atom. The molecule has 0 radical (unpaired) electrons. The molecule has 1 saturated heterocycles. The maximum Gasteiger partial charge on any atom is 0.298 e. The van der Waals surface area contributed by atoms with Crippen LogP contribution < -0.4 is 9.62 Å². The lowest BCUT2D eigenvalue weighted by Gasteiger charge is -2.30. The highest BCUT2D eigenvalue weighted by Crippen LogP contribution is 2.27. The van der Waals surface area contributed by atoms with Crippen LogP contribution in [0.1, 0.15) is 12.8 Å². The molecule has 3 aromatic rings. The second kappa shape index (κ2) is 7.80. The summed E-state index contributed by atoms with van der Waals surface area (Å²) in [5, 5.41) is 11.1. The molecule has 29 heavy (non-hydrogen) atoms. The number of fused-ring (bicyclic) bond motifs is 1. The summed E-state index contributed by atoms with van der Waals surface area (Å²) >= 11 is 0. The van der Waals surface area contributed by atoms with Crippen LogP contribution in [-0.2, 0) is 10.0 Å². The predicted octanol–water partition coefficient (Wildman–Crippen LogP) is 2.93. The van der Waals surface area contributed by atoms with E-state index in [1.165, 1.54) is 24.3 Å². The number of nitrogens with zero attached hydrogens (tertiary/aromatic N) is 3. The predicted molar refractivity (Wildman–Crippen MR) is 107 cm³/mol. The Hall–Kier alpha value is -2.98. The maximum absolute atomic E-state index is 12.5. The van der Waals surface area contributed by atoms with Crippen LogP contribution in [0.15, 0.2) is 57.8 Å². The van der Waals surface area contributed by atoms with E-state index in [-0.39, 0.29) is 17.4 Å². The van der Waals surface area contributed by atoms with Crippen molar-refractivity contribution in [1.29, 1.82) is 0 Å². The van der Waals surface area contributed by atoms with E-state index in [2.05, 4.69) is 9.71 Å². The van der Waals surface area contributed by atoms with E-state index in [1.807, 2.05) is 29.2 Å². The molecule has 1 aliphatic rings. The Morgan fingerprint density at radius 2 is 1.83 bits per heavy atom. The van der Waals surface area contributed by atoms with Gasteiger partial charge in [-0.05, 0) is 37.0 Å². The third-order valence-corrected chi connectivity index (χ3v) is 6.55. The molecule has 0 saturated carbocycles. The third-order valence-electron chi connectivity index (χ3n) is 5.08. The first-order valence-corrected chi connectivity index (χ1v) is 10.8. The minimum atomic E-state index is -3.95. The summed E-state index contributed by atoms with van der Waals surface area (Å²) < 4.78 is 33.4. The number of anilines is 1. The van der Waals surface area contributed by atoms with Gasteiger partial charge in [-0.15, -0.1) is 0 Å². The summed E-state index contributed by atoms with van der Waals surface area (Å²) in [6, 6.07) is 13.5. The smallest absolute Gasteiger partial charge is 0.298 e. The van der Waals surface area contributed by atoms with Crippen LogP contribution in [0.25, 0.3) is 11.1 Å². The maximum atomic E-state index is 12.5. The van der Waals surface area contributed by atoms with Crippen LogP contribution >= 0.6 is 0 Å². The van der Waals surface area contributed by atoms with Crippen molar-refractivity contribution in [2.24, 2.45) is 5.92 Å². The molecule has 0 aliphatic carbocycles. The SMILES string of the molecule is O=[N+]([O-])c1ccccc1S(=O)(=O)NCC1CCN(c2nc3ccccc3o2)CC1. The molecule has 10 heteroatoms. The van der Waals surface area contributed by atoms with E-state index in [0.717, 1.165) is 23.9 Å². The molecule has 9 nitrogen and oxygen atoms in total. The molecule has 1 N–H and O–H groups in total. The van der Waals surface area contributed by atoms with Crippen molar-refractivity contribution in [3.63, 3.8) is 0 Å². The highest BCUT2D eigenvalue weighted by molar-refractivity contribution is 7.89. The van der Waals surface area contributed by atoms with Crippen molar-refractivity contribution in [3.8, 4) is 0 Å². The van der Waals surface area contributed by atoms with Gasteiger partial charge < -0.3 is 9.32 Å². The summed E-state index contributed by atoms with van der Waals surface area (Å²) in [6.07, 6.45) is 1.52. The molecular formula is C19H20N4O5S. The number of nitro benzene ring substituents is 1. The summed E-state index contributed by atoms with van der Waals surface area (Å²) in [4.78, 5) is 16.6. The molecule has 4 rings (SSSR count). The van der Waals surface area contributed by atoms with Gasteiger partial charge in [0.1, 0.15) is 5.52 Å². The number of sulfonamides is 1. The van der Waals surface area contributed by atoms with E-state index in [1.54, 1.807) is 0 Å². The summed E-state index contributed by atoms with van der Waals surface area (Å²) in [6.45, 7) is 1.63. The van der Waals surface area contributed by atoms with Gasteiger partial charge in [0.25, 0.3) is 11.7 Å². The van der Waals surface area contributed by atoms with Crippen molar-refractivity contribution < 1.29 is 17.8 Å². The fraction of sp³-hybridized carbons (Fsp3) is 0.316. The number of hydrogen-bond donors (Lipinski definition) is 1. The summed E-state index contributed by atoms with van der Waals surface area (Å²) in [5.41, 5.74) is 1.12. The molecule has 152 valence electrons. The quantitative estimate of drug-likeness (QED) is 0.485. The number of piperidine rings is 1. The van der Waals surface area contributed by atoms with Gasteiger partial charge in [0.05, 0.1) is 4.92 Å². The fourth-order valence-electron chi connectivity index (χ4n) is 3.46. The van der Waals surface area contributed by atoms with Gasteiger partial charge in [-0.1, -0.05) is 24.3 Å². The number of nitrogens with one attached hydrogen (secondary N) is 1. The van der Waals surface area contributed by atoms with Crippen molar-refractivity contribution >= 4 is 32.8 Å². The third kappa shape index (κ3) is 4.08. The Bertz CT molecular complexity index is 1100. The number of para-hydroxylation sites is 3. The molecule has 0 atom stereocenters. The van der Waals surface area contributed by atoms with Gasteiger partial charge in [0, 0.05) is 25.7 Å². The molecule has 1 aromatic heterocycles. The minimum Gasteiger partial charge on any atom is -0.423 e. The van der Waals surface area contributed by atoms with E-state index in [4.69, 9.17) is 4.42 Å². The van der Waals surface area contributed by atoms with Crippen LogP contribution in [0.5, 0.6) is 0 Å². The zero-order chi connectivity index (χ0) is 20.4. The average molecular weight is 416 g/mol. The number of hydrogen-bond acceptors (Lipinski definition) is 7. The topological polar surface area (TPSA) is 119 Å². The van der Waals surface area contributed by atoms with Gasteiger partial charge in [-0.2, -0.15) is 4.98 Å². The molecule has 2 aromatic carbocycles. The monoisotopic (exact) mass is 416 g/mol. The largest absolute Gasteiger partial charge is 0.423 e. The standard InChI is InChI=1S/C19H20N4O5S/c24-23(25)16-6-2-4-8-18(16)29(26,27)20-13-14-9-11-22(12-10-14)19-21-15-5-1-3-7-17(15)28-19/h1-8,14,20H,9-13H2. The zero-order valence-corrected chi connectivity index (χ0v) is 16.3. The average Bonchev–Trinajstić information content (AvgIpc) is 3.17. The van der Waals surface area contributed by atoms with Crippen LogP contribution in [0.3, 0.4) is 0 Å². The van der Waals surface area contributed by atoms with Crippen molar-refractivity contribution in [1.82, 2.24) is 9.71 Å². The summed E-state index contributed by atoms with van der Waals surface area (Å²) in [5.74, 6) is 0.133. The number of rotatable bonds is 6. The molecular weight excluding hydrogens is 396 g/mol. The van der Waals surface area contributed by atoms with E-state index in [0.29, 0.717) is 19.1 Å². The minimum absolute atomic E-state index is 0.133. The van der Waals surface area contributed by atoms with Crippen molar-refractivity contribution in [2.45, 2.75) is 17.7 Å². The lowest BCUT2D eigenvalue weighted by Crippen LogP contribution is -2.38. The Labute approximate surface area is 167 Å². The van der Waals surface area contributed by atoms with Crippen LogP contribution in [0, 0.1) is 16.0 Å². The molecule has 0 bridgehead atoms. The van der Waals surface area contributed by atoms with E-state index < -0.39 is 20.6 Å². The highest BCUT2D eigenvalue weighted by Gasteiger charge is 2.28. The van der Waals surface area contributed by atoms with Crippen molar-refractivity contribution in [3.05, 3.63) is 58.6 Å². The first-order valence-electron chi connectivity index (χ1n) is 9.27. The van der Waals surface area contributed by atoms with Crippen LogP contribution in [0.4, 0.5) is 11.7 Å². The number of oxazole rings is 1. The molecule has 1 aliphatic heterocycles. The molecule has 0 amide bonds. The molecule has 0 spiro atoms. The second-order valence-electron chi connectivity index (χ2n) is 6.97. The van der Waals surface area contributed by atoms with Gasteiger partial charge in [-0.3, -0.25) is 10.1 Å². The first-order chi connectivity index (χ1) is 13.9. The fourth-order valence-corrected chi connectivity index (χ4v) is 4.75. The van der Waals surface area contributed by atoms with Crippen molar-refractivity contribution in [2.75, 3.05) is 24.5 Å². The zero-order valence-electron chi connectivity index (χ0n) is 15.5. The van der Waals surface area contributed by atoms with Gasteiger partial charge in [-0.25, -0.2) is 13.1 Å². The molecule has 1 fully saturated rings. The Kier molecular flexibility index (Phi) is 5.20. The summed E-state index contributed by atoms with van der Waals surface area (Å²) in [7, 11) is -3.95. The second-order valence-corrected chi connectivity index (χ2v) is 8.71.